The number of aromatic nitrogens is 4. The van der Waals surface area contributed by atoms with Gasteiger partial charge in [-0.05, 0) is 54.6 Å². The molecule has 0 amide bonds. The Morgan fingerprint density at radius 2 is 1.14 bits per heavy atom. The number of hydrogen-bond acceptors (Lipinski definition) is 5. The molecule has 0 unspecified atom stereocenters. The van der Waals surface area contributed by atoms with Crippen LogP contribution in [0, 0.1) is 17.9 Å². The van der Waals surface area contributed by atoms with Crippen LogP contribution in [-0.4, -0.2) is 19.9 Å². The Labute approximate surface area is 240 Å². The highest BCUT2D eigenvalue weighted by Gasteiger charge is 2.11. The summed E-state index contributed by atoms with van der Waals surface area (Å²) in [5.41, 5.74) is 6.29. The summed E-state index contributed by atoms with van der Waals surface area (Å²) in [5, 5.41) is 9.13. The van der Waals surface area contributed by atoms with Crippen molar-refractivity contribution in [2.75, 3.05) is 0 Å². The molecule has 0 spiro atoms. The lowest BCUT2D eigenvalue weighted by molar-refractivity contribution is 0.483. The minimum Gasteiger partial charge on any atom is -0.459 e. The second-order valence-corrected chi connectivity index (χ2v) is 9.56. The van der Waals surface area contributed by atoms with Crippen molar-refractivity contribution in [3.63, 3.8) is 0 Å². The number of ether oxygens (including phenoxy) is 2. The molecule has 0 aliphatic heterocycles. The lowest BCUT2D eigenvalue weighted by Gasteiger charge is -2.05. The van der Waals surface area contributed by atoms with E-state index in [1.165, 1.54) is 0 Å². The predicted molar refractivity (Wildman–Crippen MR) is 161 cm³/mol. The number of fused-ring (bicyclic) bond motifs is 2. The van der Waals surface area contributed by atoms with E-state index in [9.17, 15) is 0 Å². The second kappa shape index (κ2) is 10.3. The van der Waals surface area contributed by atoms with Crippen LogP contribution >= 0.6 is 0 Å². The Balaban J connectivity index is 1.10. The normalized spacial score (nSPS) is 10.8. The quantitative estimate of drug-likeness (QED) is 0.204. The van der Waals surface area contributed by atoms with Gasteiger partial charge in [0.1, 0.15) is 34.6 Å². The average Bonchev–Trinajstić information content (AvgIpc) is 3.65. The molecule has 7 rings (SSSR count). The Kier molecular flexibility index (Phi) is 6.05. The molecule has 0 fully saturated rings. The summed E-state index contributed by atoms with van der Waals surface area (Å²) in [4.78, 5) is 19.7. The monoisotopic (exact) mass is 544 g/mol. The molecule has 0 aliphatic rings. The van der Waals surface area contributed by atoms with E-state index in [0.29, 0.717) is 34.2 Å². The number of nitrogens with one attached hydrogen (secondary N) is 2. The third-order valence-corrected chi connectivity index (χ3v) is 6.72. The minimum absolute atomic E-state index is 0.529. The molecule has 5 aromatic carbocycles. The fraction of sp³-hybridized carbons (Fsp3) is 0. The van der Waals surface area contributed by atoms with E-state index in [1.54, 1.807) is 36.4 Å². The molecule has 0 atom stereocenters. The van der Waals surface area contributed by atoms with Gasteiger partial charge in [0.2, 0.25) is 0 Å². The molecule has 0 saturated heterocycles. The van der Waals surface area contributed by atoms with Gasteiger partial charge in [-0.15, -0.1) is 0 Å². The van der Waals surface area contributed by atoms with Gasteiger partial charge in [0.15, 0.2) is 5.69 Å². The van der Waals surface area contributed by atoms with E-state index in [-0.39, 0.29) is 0 Å². The zero-order valence-electron chi connectivity index (χ0n) is 22.0. The van der Waals surface area contributed by atoms with Crippen LogP contribution in [0.4, 0.5) is 5.69 Å². The summed E-state index contributed by atoms with van der Waals surface area (Å²) in [6.45, 7) is 7.19. The Hall–Kier alpha value is -6.38. The fourth-order valence-electron chi connectivity index (χ4n) is 4.68. The van der Waals surface area contributed by atoms with Gasteiger partial charge in [0, 0.05) is 23.3 Å². The summed E-state index contributed by atoms with van der Waals surface area (Å²) in [7, 11) is 0. The Morgan fingerprint density at radius 1 is 0.619 bits per heavy atom. The van der Waals surface area contributed by atoms with Crippen LogP contribution in [-0.2, 0) is 0 Å². The van der Waals surface area contributed by atoms with Crippen LogP contribution < -0.4 is 9.47 Å². The van der Waals surface area contributed by atoms with Crippen molar-refractivity contribution in [2.24, 2.45) is 0 Å². The van der Waals surface area contributed by atoms with Gasteiger partial charge in [-0.25, -0.2) is 14.8 Å². The SMILES string of the molecule is [C-]#[N+]c1cccc(Oc2ccc3nc(-c4ccc(-c5nc6ccc(Oc7cccc(C#N)c7)cc6[nH]5)cc4)[nH]c3c2)c1. The molecular weight excluding hydrogens is 524 g/mol. The summed E-state index contributed by atoms with van der Waals surface area (Å²) in [6.07, 6.45) is 0. The largest absolute Gasteiger partial charge is 0.459 e. The maximum atomic E-state index is 9.13. The van der Waals surface area contributed by atoms with Gasteiger partial charge >= 0.3 is 0 Å². The topological polar surface area (TPSA) is 104 Å². The number of benzene rings is 5. The smallest absolute Gasteiger partial charge is 0.190 e. The first-order valence-corrected chi connectivity index (χ1v) is 13.1. The summed E-state index contributed by atoms with van der Waals surface area (Å²) in [5.74, 6) is 4.01. The van der Waals surface area contributed by atoms with E-state index in [4.69, 9.17) is 31.3 Å². The van der Waals surface area contributed by atoms with Crippen molar-refractivity contribution in [3.05, 3.63) is 126 Å². The lowest BCUT2D eigenvalue weighted by atomic mass is 10.1. The number of hydrogen-bond donors (Lipinski definition) is 2. The Bertz CT molecular complexity index is 2020. The van der Waals surface area contributed by atoms with Gasteiger partial charge in [-0.1, -0.05) is 42.5 Å². The molecule has 2 N–H and O–H groups in total. The molecule has 8 heteroatoms. The second-order valence-electron chi connectivity index (χ2n) is 9.56. The third kappa shape index (κ3) is 4.88. The zero-order chi connectivity index (χ0) is 28.5. The number of H-pyrrole nitrogens is 2. The first-order chi connectivity index (χ1) is 20.6. The molecule has 2 aromatic heterocycles. The van der Waals surface area contributed by atoms with Crippen LogP contribution in [0.2, 0.25) is 0 Å². The van der Waals surface area contributed by atoms with Gasteiger partial charge in [-0.3, -0.25) is 0 Å². The fourth-order valence-corrected chi connectivity index (χ4v) is 4.68. The molecular formula is C34H20N6O2. The maximum absolute atomic E-state index is 9.13. The van der Waals surface area contributed by atoms with Crippen molar-refractivity contribution in [2.45, 2.75) is 0 Å². The number of aromatic amines is 2. The van der Waals surface area contributed by atoms with Crippen molar-refractivity contribution in [3.8, 4) is 51.8 Å². The summed E-state index contributed by atoms with van der Waals surface area (Å²) >= 11 is 0. The molecule has 8 nitrogen and oxygen atoms in total. The van der Waals surface area contributed by atoms with Gasteiger partial charge in [0.05, 0.1) is 40.3 Å². The molecule has 0 radical (unpaired) electrons. The highest BCUT2D eigenvalue weighted by Crippen LogP contribution is 2.31. The van der Waals surface area contributed by atoms with Crippen LogP contribution in [0.25, 0.3) is 49.7 Å². The first kappa shape index (κ1) is 24.6. The predicted octanol–water partition coefficient (Wildman–Crippen LogP) is 8.78. The Morgan fingerprint density at radius 3 is 1.69 bits per heavy atom. The number of nitriles is 1. The van der Waals surface area contributed by atoms with Crippen molar-refractivity contribution in [1.82, 2.24) is 19.9 Å². The van der Waals surface area contributed by atoms with Crippen LogP contribution in [0.5, 0.6) is 23.0 Å². The van der Waals surface area contributed by atoms with E-state index in [0.717, 1.165) is 44.8 Å². The highest BCUT2D eigenvalue weighted by atomic mass is 16.5. The number of imidazole rings is 2. The van der Waals surface area contributed by atoms with Gasteiger partial charge in [-0.2, -0.15) is 5.26 Å². The first-order valence-electron chi connectivity index (χ1n) is 13.1. The molecule has 0 aliphatic carbocycles. The molecule has 2 heterocycles. The molecule has 42 heavy (non-hydrogen) atoms. The summed E-state index contributed by atoms with van der Waals surface area (Å²) in [6, 6.07) is 35.6. The molecule has 0 bridgehead atoms. The van der Waals surface area contributed by atoms with Crippen molar-refractivity contribution < 1.29 is 9.47 Å². The average molecular weight is 545 g/mol. The van der Waals surface area contributed by atoms with E-state index < -0.39 is 0 Å². The van der Waals surface area contributed by atoms with Crippen LogP contribution in [0.1, 0.15) is 5.56 Å². The van der Waals surface area contributed by atoms with E-state index in [2.05, 4.69) is 20.9 Å². The molecule has 198 valence electrons. The summed E-state index contributed by atoms with van der Waals surface area (Å²) < 4.78 is 11.9. The van der Waals surface area contributed by atoms with Gasteiger partial charge < -0.3 is 19.4 Å². The van der Waals surface area contributed by atoms with Gasteiger partial charge in [0.25, 0.3) is 0 Å². The lowest BCUT2D eigenvalue weighted by Crippen LogP contribution is -1.85. The standard InChI is InChI=1S/C34H20N6O2/c1-36-24-5-3-7-26(17-24)42-28-13-15-30-32(19-28)40-34(38-30)23-10-8-22(9-11-23)33-37-29-14-12-27(18-31(29)39-33)41-25-6-2-4-21(16-25)20-35/h2-19H,(H,37,39)(H,38,40). The van der Waals surface area contributed by atoms with E-state index in [1.807, 2.05) is 72.8 Å². The minimum atomic E-state index is 0.529. The van der Waals surface area contributed by atoms with Crippen molar-refractivity contribution in [1.29, 1.82) is 5.26 Å². The molecule has 0 saturated carbocycles. The molecule has 7 aromatic rings. The zero-order valence-corrected chi connectivity index (χ0v) is 22.0. The van der Waals surface area contributed by atoms with Crippen molar-refractivity contribution >= 4 is 27.8 Å². The maximum Gasteiger partial charge on any atom is 0.190 e. The highest BCUT2D eigenvalue weighted by molar-refractivity contribution is 5.83. The van der Waals surface area contributed by atoms with Crippen LogP contribution in [0.3, 0.4) is 0 Å². The number of rotatable bonds is 6. The number of nitrogens with zero attached hydrogens (tertiary/aromatic N) is 4. The third-order valence-electron chi connectivity index (χ3n) is 6.72. The van der Waals surface area contributed by atoms with Crippen LogP contribution in [0.15, 0.2) is 109 Å². The van der Waals surface area contributed by atoms with E-state index >= 15 is 0 Å².